The van der Waals surface area contributed by atoms with Crippen LogP contribution in [0.15, 0.2) is 18.2 Å². The number of aliphatic hydroxyl groups excluding tert-OH is 1. The van der Waals surface area contributed by atoms with Crippen LogP contribution in [-0.2, 0) is 4.74 Å². The van der Waals surface area contributed by atoms with Gasteiger partial charge in [0.25, 0.3) is 0 Å². The summed E-state index contributed by atoms with van der Waals surface area (Å²) in [5.74, 6) is 1.44. The molecular weight excluding hydrogens is 232 g/mol. The first kappa shape index (κ1) is 13.2. The first-order valence-electron chi connectivity index (χ1n) is 6.31. The molecule has 4 nitrogen and oxygen atoms in total. The molecule has 1 saturated heterocycles. The third-order valence-electron chi connectivity index (χ3n) is 3.13. The van der Waals surface area contributed by atoms with Gasteiger partial charge in [-0.3, -0.25) is 0 Å². The summed E-state index contributed by atoms with van der Waals surface area (Å²) in [6.07, 6.45) is 1.38. The largest absolute Gasteiger partial charge is 0.497 e. The summed E-state index contributed by atoms with van der Waals surface area (Å²) in [7, 11) is 1.62. The molecule has 0 aliphatic carbocycles. The van der Waals surface area contributed by atoms with Gasteiger partial charge in [-0.15, -0.1) is 0 Å². The first-order chi connectivity index (χ1) is 8.70. The Bertz CT molecular complexity index is 383. The Kier molecular flexibility index (Phi) is 4.44. The van der Waals surface area contributed by atoms with Gasteiger partial charge in [0.05, 0.1) is 26.4 Å². The smallest absolute Gasteiger partial charge is 0.129 e. The van der Waals surface area contributed by atoms with Crippen molar-refractivity contribution in [3.05, 3.63) is 23.8 Å². The fourth-order valence-electron chi connectivity index (χ4n) is 2.06. The van der Waals surface area contributed by atoms with E-state index < -0.39 is 6.10 Å². The molecule has 18 heavy (non-hydrogen) atoms. The van der Waals surface area contributed by atoms with Gasteiger partial charge < -0.3 is 19.3 Å². The zero-order valence-corrected chi connectivity index (χ0v) is 10.9. The molecule has 1 aliphatic rings. The van der Waals surface area contributed by atoms with Crippen LogP contribution in [0.2, 0.25) is 0 Å². The lowest BCUT2D eigenvalue weighted by Crippen LogP contribution is -2.26. The van der Waals surface area contributed by atoms with E-state index >= 15 is 0 Å². The quantitative estimate of drug-likeness (QED) is 0.893. The minimum atomic E-state index is -0.550. The molecule has 0 aromatic heterocycles. The number of methoxy groups -OCH3 is 1. The van der Waals surface area contributed by atoms with Crippen molar-refractivity contribution in [2.45, 2.75) is 32.0 Å². The summed E-state index contributed by atoms with van der Waals surface area (Å²) in [6, 6.07) is 5.51. The van der Waals surface area contributed by atoms with Crippen LogP contribution in [0.3, 0.4) is 0 Å². The molecule has 1 aliphatic heterocycles. The van der Waals surface area contributed by atoms with Gasteiger partial charge in [0.2, 0.25) is 0 Å². The van der Waals surface area contributed by atoms with Crippen molar-refractivity contribution in [3.8, 4) is 11.5 Å². The summed E-state index contributed by atoms with van der Waals surface area (Å²) < 4.78 is 16.5. The van der Waals surface area contributed by atoms with E-state index in [0.29, 0.717) is 5.75 Å². The molecule has 2 rings (SSSR count). The van der Waals surface area contributed by atoms with Crippen LogP contribution in [-0.4, -0.2) is 31.5 Å². The van der Waals surface area contributed by atoms with E-state index in [-0.39, 0.29) is 6.10 Å². The first-order valence-corrected chi connectivity index (χ1v) is 6.31. The molecule has 1 fully saturated rings. The number of ether oxygens (including phenoxy) is 3. The van der Waals surface area contributed by atoms with E-state index in [0.717, 1.165) is 37.4 Å². The Balaban J connectivity index is 2.17. The van der Waals surface area contributed by atoms with Crippen LogP contribution >= 0.6 is 0 Å². The number of hydrogen-bond acceptors (Lipinski definition) is 4. The van der Waals surface area contributed by atoms with Crippen LogP contribution in [0, 0.1) is 0 Å². The molecule has 1 atom stereocenters. The lowest BCUT2D eigenvalue weighted by Gasteiger charge is -2.25. The maximum Gasteiger partial charge on any atom is 0.129 e. The summed E-state index contributed by atoms with van der Waals surface area (Å²) in [4.78, 5) is 0. The second-order valence-corrected chi connectivity index (χ2v) is 4.51. The van der Waals surface area contributed by atoms with E-state index in [1.807, 2.05) is 18.2 Å². The van der Waals surface area contributed by atoms with Crippen LogP contribution in [0.1, 0.15) is 31.4 Å². The monoisotopic (exact) mass is 252 g/mol. The molecular formula is C14H20O4. The number of hydrogen-bond donors (Lipinski definition) is 1. The molecule has 1 aromatic carbocycles. The average Bonchev–Trinajstić information content (AvgIpc) is 2.39. The lowest BCUT2D eigenvalue weighted by atomic mass is 10.1. The SMILES string of the molecule is COc1ccc([C@H](C)O)c(OC2CCOCC2)c1. The Labute approximate surface area is 107 Å². The van der Waals surface area contributed by atoms with Crippen LogP contribution in [0.4, 0.5) is 0 Å². The van der Waals surface area contributed by atoms with Crippen molar-refractivity contribution in [2.24, 2.45) is 0 Å². The van der Waals surface area contributed by atoms with Crippen molar-refractivity contribution in [2.75, 3.05) is 20.3 Å². The lowest BCUT2D eigenvalue weighted by molar-refractivity contribution is 0.0242. The van der Waals surface area contributed by atoms with Gasteiger partial charge in [-0.2, -0.15) is 0 Å². The van der Waals surface area contributed by atoms with E-state index in [1.54, 1.807) is 14.0 Å². The standard InChI is InChI=1S/C14H20O4/c1-10(15)13-4-3-12(16-2)9-14(13)18-11-5-7-17-8-6-11/h3-4,9-11,15H,5-8H2,1-2H3/t10-/m0/s1. The number of rotatable bonds is 4. The molecule has 0 unspecified atom stereocenters. The van der Waals surface area contributed by atoms with Crippen LogP contribution in [0.5, 0.6) is 11.5 Å². The zero-order chi connectivity index (χ0) is 13.0. The fraction of sp³-hybridized carbons (Fsp3) is 0.571. The van der Waals surface area contributed by atoms with E-state index in [1.165, 1.54) is 0 Å². The predicted octanol–water partition coefficient (Wildman–Crippen LogP) is 2.31. The zero-order valence-electron chi connectivity index (χ0n) is 10.9. The highest BCUT2D eigenvalue weighted by Crippen LogP contribution is 2.31. The second-order valence-electron chi connectivity index (χ2n) is 4.51. The van der Waals surface area contributed by atoms with Crippen molar-refractivity contribution in [1.29, 1.82) is 0 Å². The van der Waals surface area contributed by atoms with Gasteiger partial charge in [-0.05, 0) is 19.1 Å². The minimum Gasteiger partial charge on any atom is -0.497 e. The molecule has 100 valence electrons. The Morgan fingerprint density at radius 3 is 2.67 bits per heavy atom. The summed E-state index contributed by atoms with van der Waals surface area (Å²) in [6.45, 7) is 3.20. The molecule has 0 saturated carbocycles. The molecule has 0 bridgehead atoms. The highest BCUT2D eigenvalue weighted by molar-refractivity contribution is 5.42. The molecule has 1 heterocycles. The van der Waals surface area contributed by atoms with Crippen molar-refractivity contribution >= 4 is 0 Å². The maximum absolute atomic E-state index is 9.75. The highest BCUT2D eigenvalue weighted by atomic mass is 16.5. The Hall–Kier alpha value is -1.26. The normalized spacial score (nSPS) is 18.4. The summed E-state index contributed by atoms with van der Waals surface area (Å²) in [5.41, 5.74) is 0.794. The minimum absolute atomic E-state index is 0.156. The van der Waals surface area contributed by atoms with Gasteiger partial charge in [-0.25, -0.2) is 0 Å². The second kappa shape index (κ2) is 6.07. The molecule has 4 heteroatoms. The van der Waals surface area contributed by atoms with Crippen molar-refractivity contribution in [3.63, 3.8) is 0 Å². The Morgan fingerprint density at radius 2 is 2.06 bits per heavy atom. The summed E-state index contributed by atoms with van der Waals surface area (Å²) in [5, 5.41) is 9.75. The van der Waals surface area contributed by atoms with Crippen molar-refractivity contribution < 1.29 is 19.3 Å². The van der Waals surface area contributed by atoms with Crippen molar-refractivity contribution in [1.82, 2.24) is 0 Å². The average molecular weight is 252 g/mol. The molecule has 1 aromatic rings. The molecule has 0 radical (unpaired) electrons. The summed E-state index contributed by atoms with van der Waals surface area (Å²) >= 11 is 0. The van der Waals surface area contributed by atoms with Gasteiger partial charge in [0.1, 0.15) is 17.6 Å². The van der Waals surface area contributed by atoms with Gasteiger partial charge in [0, 0.05) is 24.5 Å². The topological polar surface area (TPSA) is 47.9 Å². The van der Waals surface area contributed by atoms with E-state index in [9.17, 15) is 5.11 Å². The fourth-order valence-corrected chi connectivity index (χ4v) is 2.06. The van der Waals surface area contributed by atoms with Gasteiger partial charge >= 0.3 is 0 Å². The Morgan fingerprint density at radius 1 is 1.33 bits per heavy atom. The maximum atomic E-state index is 9.75. The molecule has 0 amide bonds. The van der Waals surface area contributed by atoms with Gasteiger partial charge in [-0.1, -0.05) is 0 Å². The molecule has 0 spiro atoms. The van der Waals surface area contributed by atoms with Gasteiger partial charge in [0.15, 0.2) is 0 Å². The third-order valence-corrected chi connectivity index (χ3v) is 3.13. The van der Waals surface area contributed by atoms with Crippen LogP contribution < -0.4 is 9.47 Å². The highest BCUT2D eigenvalue weighted by Gasteiger charge is 2.18. The third kappa shape index (κ3) is 3.15. The van der Waals surface area contributed by atoms with E-state index in [4.69, 9.17) is 14.2 Å². The predicted molar refractivity (Wildman–Crippen MR) is 68.1 cm³/mol. The van der Waals surface area contributed by atoms with Crippen LogP contribution in [0.25, 0.3) is 0 Å². The number of aliphatic hydroxyl groups is 1. The van der Waals surface area contributed by atoms with E-state index in [2.05, 4.69) is 0 Å². The molecule has 1 N–H and O–H groups in total. The number of benzene rings is 1.